The van der Waals surface area contributed by atoms with Gasteiger partial charge in [-0.15, -0.1) is 10.2 Å². The average Bonchev–Trinajstić information content (AvgIpc) is 3.40. The van der Waals surface area contributed by atoms with E-state index in [0.29, 0.717) is 0 Å². The molecular formula is C18H17N4. The Bertz CT molecular complexity index is 749. The first-order valence-electron chi connectivity index (χ1n) is 7.59. The summed E-state index contributed by atoms with van der Waals surface area (Å²) in [6, 6.07) is 12.7. The van der Waals surface area contributed by atoms with Crippen LogP contribution in [0.4, 0.5) is 11.5 Å². The van der Waals surface area contributed by atoms with Crippen molar-refractivity contribution in [2.24, 2.45) is 0 Å². The van der Waals surface area contributed by atoms with Crippen molar-refractivity contribution in [1.29, 1.82) is 0 Å². The summed E-state index contributed by atoms with van der Waals surface area (Å²) in [6.07, 6.45) is 2.92. The summed E-state index contributed by atoms with van der Waals surface area (Å²) in [5.74, 6) is 0.953. The van der Waals surface area contributed by atoms with Gasteiger partial charge in [0.05, 0.1) is 11.6 Å². The third kappa shape index (κ3) is 2.61. The highest BCUT2D eigenvalue weighted by atomic mass is 15.3. The van der Waals surface area contributed by atoms with Gasteiger partial charge >= 0.3 is 0 Å². The second kappa shape index (κ2) is 5.32. The van der Waals surface area contributed by atoms with Crippen LogP contribution in [0.15, 0.2) is 42.1 Å². The first-order chi connectivity index (χ1) is 10.8. The molecular weight excluding hydrogens is 272 g/mol. The van der Waals surface area contributed by atoms with Gasteiger partial charge in [0.25, 0.3) is 0 Å². The Kier molecular flexibility index (Phi) is 3.17. The van der Waals surface area contributed by atoms with Crippen LogP contribution in [-0.2, 0) is 0 Å². The van der Waals surface area contributed by atoms with Gasteiger partial charge in [0.1, 0.15) is 5.69 Å². The molecule has 2 aliphatic rings. The molecule has 1 aromatic carbocycles. The van der Waals surface area contributed by atoms with Crippen LogP contribution in [-0.4, -0.2) is 36.4 Å². The molecule has 0 unspecified atom stereocenters. The maximum absolute atomic E-state index is 4.33. The fraction of sp³-hybridized carbons (Fsp3) is 0.278. The molecule has 0 N–H and O–H groups in total. The molecule has 0 spiro atoms. The third-order valence-electron chi connectivity index (χ3n) is 4.13. The van der Waals surface area contributed by atoms with E-state index in [1.54, 1.807) is 0 Å². The minimum Gasteiger partial charge on any atom is -0.368 e. The third-order valence-corrected chi connectivity index (χ3v) is 4.13. The lowest BCUT2D eigenvalue weighted by Crippen LogP contribution is -2.46. The summed E-state index contributed by atoms with van der Waals surface area (Å²) >= 11 is 0. The number of aromatic nitrogens is 2. The molecule has 109 valence electrons. The van der Waals surface area contributed by atoms with Gasteiger partial charge in [0.15, 0.2) is 5.82 Å². The fourth-order valence-electron chi connectivity index (χ4n) is 2.80. The molecule has 1 saturated heterocycles. The number of hydrogen-bond acceptors (Lipinski definition) is 4. The van der Waals surface area contributed by atoms with Gasteiger partial charge in [0, 0.05) is 31.9 Å². The lowest BCUT2D eigenvalue weighted by Gasteiger charge is -2.36. The predicted octanol–water partition coefficient (Wildman–Crippen LogP) is 2.47. The average molecular weight is 289 g/mol. The van der Waals surface area contributed by atoms with Crippen LogP contribution >= 0.6 is 0 Å². The largest absolute Gasteiger partial charge is 0.368 e. The monoisotopic (exact) mass is 289 g/mol. The molecule has 0 saturated carbocycles. The number of benzene rings is 1. The summed E-state index contributed by atoms with van der Waals surface area (Å²) in [5, 5.41) is 8.57. The van der Waals surface area contributed by atoms with E-state index in [2.05, 4.69) is 63.0 Å². The van der Waals surface area contributed by atoms with Gasteiger partial charge in [-0.1, -0.05) is 17.9 Å². The first-order valence-corrected chi connectivity index (χ1v) is 7.59. The summed E-state index contributed by atoms with van der Waals surface area (Å²) in [5.41, 5.74) is 7.35. The quantitative estimate of drug-likeness (QED) is 0.813. The van der Waals surface area contributed by atoms with E-state index in [1.165, 1.54) is 11.3 Å². The molecule has 1 aliphatic carbocycles. The molecule has 1 aliphatic heterocycles. The van der Waals surface area contributed by atoms with Gasteiger partial charge in [0.2, 0.25) is 0 Å². The molecule has 4 rings (SSSR count). The van der Waals surface area contributed by atoms with Crippen LogP contribution in [0.25, 0.3) is 5.57 Å². The Morgan fingerprint density at radius 3 is 2.36 bits per heavy atom. The van der Waals surface area contributed by atoms with Gasteiger partial charge < -0.3 is 9.80 Å². The molecule has 2 heterocycles. The molecule has 1 radical (unpaired) electrons. The fourth-order valence-corrected chi connectivity index (χ4v) is 2.80. The van der Waals surface area contributed by atoms with Gasteiger partial charge in [-0.2, -0.15) is 0 Å². The normalized spacial score (nSPS) is 16.7. The minimum atomic E-state index is 0.863. The Labute approximate surface area is 130 Å². The number of aryl methyl sites for hydroxylation is 1. The van der Waals surface area contributed by atoms with E-state index in [9.17, 15) is 0 Å². The van der Waals surface area contributed by atoms with Crippen molar-refractivity contribution in [3.05, 3.63) is 59.5 Å². The standard InChI is InChI=1S/C18H17N4/c1-14-3-2-4-16(13-14)21-9-11-22(12-10-21)18-8-7-17(19-20-18)15-5-6-15/h2-4,7-8,13H,9-12H2,1H3. The van der Waals surface area contributed by atoms with E-state index in [0.717, 1.165) is 43.3 Å². The van der Waals surface area contributed by atoms with Crippen molar-refractivity contribution in [2.75, 3.05) is 36.0 Å². The molecule has 0 amide bonds. The molecule has 4 heteroatoms. The van der Waals surface area contributed by atoms with Crippen molar-refractivity contribution < 1.29 is 0 Å². The van der Waals surface area contributed by atoms with Gasteiger partial charge in [-0.3, -0.25) is 0 Å². The summed E-state index contributed by atoms with van der Waals surface area (Å²) < 4.78 is 0. The maximum atomic E-state index is 4.33. The second-order valence-corrected chi connectivity index (χ2v) is 5.71. The highest BCUT2D eigenvalue weighted by molar-refractivity contribution is 5.77. The molecule has 2 aromatic rings. The van der Waals surface area contributed by atoms with Crippen LogP contribution in [0.1, 0.15) is 11.3 Å². The highest BCUT2D eigenvalue weighted by Crippen LogP contribution is 2.22. The van der Waals surface area contributed by atoms with Gasteiger partial charge in [-0.25, -0.2) is 0 Å². The Morgan fingerprint density at radius 2 is 1.73 bits per heavy atom. The zero-order valence-electron chi connectivity index (χ0n) is 12.6. The van der Waals surface area contributed by atoms with E-state index >= 15 is 0 Å². The lowest BCUT2D eigenvalue weighted by atomic mass is 10.2. The number of piperazine rings is 1. The number of allylic oxidation sites excluding steroid dienone is 1. The summed E-state index contributed by atoms with van der Waals surface area (Å²) in [6.45, 7) is 6.09. The van der Waals surface area contributed by atoms with E-state index in [1.807, 2.05) is 12.1 Å². The zero-order chi connectivity index (χ0) is 14.9. The number of rotatable bonds is 3. The van der Waals surface area contributed by atoms with Crippen molar-refractivity contribution >= 4 is 17.1 Å². The maximum Gasteiger partial charge on any atom is 0.151 e. The van der Waals surface area contributed by atoms with E-state index in [-0.39, 0.29) is 0 Å². The number of hydrogen-bond donors (Lipinski definition) is 0. The van der Waals surface area contributed by atoms with Crippen LogP contribution in [0, 0.1) is 13.0 Å². The summed E-state index contributed by atoms with van der Waals surface area (Å²) in [7, 11) is 0. The van der Waals surface area contributed by atoms with E-state index in [4.69, 9.17) is 0 Å². The van der Waals surface area contributed by atoms with Gasteiger partial charge in [-0.05, 0) is 36.8 Å². The Balaban J connectivity index is 1.41. The SMILES string of the molecule is Cc1cccc(N2CCN(c3ccc(C4=C=[C]4)nn3)CC2)c1. The Morgan fingerprint density at radius 1 is 0.955 bits per heavy atom. The van der Waals surface area contributed by atoms with Crippen LogP contribution in [0.3, 0.4) is 0 Å². The topological polar surface area (TPSA) is 32.3 Å². The zero-order valence-corrected chi connectivity index (χ0v) is 12.6. The van der Waals surface area contributed by atoms with Crippen LogP contribution in [0.2, 0.25) is 0 Å². The molecule has 1 fully saturated rings. The summed E-state index contributed by atoms with van der Waals surface area (Å²) in [4.78, 5) is 4.72. The number of anilines is 2. The van der Waals surface area contributed by atoms with Crippen molar-refractivity contribution in [2.45, 2.75) is 6.92 Å². The Hall–Kier alpha value is -2.58. The molecule has 0 bridgehead atoms. The first kappa shape index (κ1) is 13.1. The predicted molar refractivity (Wildman–Crippen MR) is 87.8 cm³/mol. The minimum absolute atomic E-state index is 0.863. The van der Waals surface area contributed by atoms with E-state index < -0.39 is 0 Å². The second-order valence-electron chi connectivity index (χ2n) is 5.71. The lowest BCUT2D eigenvalue weighted by molar-refractivity contribution is 0.643. The van der Waals surface area contributed by atoms with Crippen molar-refractivity contribution in [3.8, 4) is 0 Å². The van der Waals surface area contributed by atoms with Crippen LogP contribution in [0.5, 0.6) is 0 Å². The molecule has 1 aromatic heterocycles. The number of nitrogens with zero attached hydrogens (tertiary/aromatic N) is 4. The highest BCUT2D eigenvalue weighted by Gasteiger charge is 2.19. The molecule has 0 atom stereocenters. The van der Waals surface area contributed by atoms with Crippen LogP contribution < -0.4 is 9.80 Å². The van der Waals surface area contributed by atoms with Crippen molar-refractivity contribution in [1.82, 2.24) is 10.2 Å². The van der Waals surface area contributed by atoms with Crippen molar-refractivity contribution in [3.63, 3.8) is 0 Å². The molecule has 4 nitrogen and oxygen atoms in total. The smallest absolute Gasteiger partial charge is 0.151 e. The molecule has 22 heavy (non-hydrogen) atoms.